The van der Waals surface area contributed by atoms with Gasteiger partial charge >= 0.3 is 0 Å². The third-order valence-electron chi connectivity index (χ3n) is 3.53. The fourth-order valence-corrected chi connectivity index (χ4v) is 4.43. The van der Waals surface area contributed by atoms with Crippen molar-refractivity contribution in [2.45, 2.75) is 6.42 Å². The first-order chi connectivity index (χ1) is 12.0. The van der Waals surface area contributed by atoms with Crippen LogP contribution in [-0.4, -0.2) is 19.4 Å². The topological polar surface area (TPSA) is 78.9 Å². The molecule has 3 heterocycles. The lowest BCUT2D eigenvalue weighted by Crippen LogP contribution is -2.10. The highest BCUT2D eigenvalue weighted by Crippen LogP contribution is 2.35. The second kappa shape index (κ2) is 6.42. The van der Waals surface area contributed by atoms with Gasteiger partial charge in [-0.1, -0.05) is 29.3 Å². The molecule has 0 spiro atoms. The van der Waals surface area contributed by atoms with Crippen molar-refractivity contribution in [3.8, 4) is 15.6 Å². The van der Waals surface area contributed by atoms with E-state index in [2.05, 4.69) is 14.3 Å². The van der Waals surface area contributed by atoms with Crippen molar-refractivity contribution < 1.29 is 5.11 Å². The number of hydrogen-bond donors (Lipinski definition) is 2. The van der Waals surface area contributed by atoms with Crippen molar-refractivity contribution in [3.63, 3.8) is 0 Å². The second-order valence-electron chi connectivity index (χ2n) is 5.31. The van der Waals surface area contributed by atoms with Crippen molar-refractivity contribution >= 4 is 56.3 Å². The molecule has 4 rings (SSSR count). The lowest BCUT2D eigenvalue weighted by molar-refractivity contribution is 0.460. The minimum atomic E-state index is -0.190. The van der Waals surface area contributed by atoms with Crippen LogP contribution in [0.25, 0.3) is 20.0 Å². The van der Waals surface area contributed by atoms with Gasteiger partial charge in [0.1, 0.15) is 10.5 Å². The maximum atomic E-state index is 12.4. The summed E-state index contributed by atoms with van der Waals surface area (Å²) >= 11 is 14.5. The third kappa shape index (κ3) is 3.28. The monoisotopic (exact) mass is 409 g/mol. The van der Waals surface area contributed by atoms with Crippen molar-refractivity contribution in [1.82, 2.24) is 14.3 Å². The highest BCUT2D eigenvalue weighted by molar-refractivity contribution is 7.24. The quantitative estimate of drug-likeness (QED) is 0.513. The van der Waals surface area contributed by atoms with Gasteiger partial charge in [-0.15, -0.1) is 11.3 Å². The Labute approximate surface area is 159 Å². The molecule has 0 unspecified atom stereocenters. The maximum Gasteiger partial charge on any atom is 0.268 e. The summed E-state index contributed by atoms with van der Waals surface area (Å²) in [4.78, 5) is 21.4. The van der Waals surface area contributed by atoms with E-state index in [1.165, 1.54) is 22.9 Å². The summed E-state index contributed by atoms with van der Waals surface area (Å²) in [6.45, 7) is 0. The van der Waals surface area contributed by atoms with E-state index >= 15 is 0 Å². The molecule has 3 aromatic heterocycles. The summed E-state index contributed by atoms with van der Waals surface area (Å²) in [5.41, 5.74) is 1.33. The minimum Gasteiger partial charge on any atom is -0.493 e. The summed E-state index contributed by atoms with van der Waals surface area (Å²) in [5.74, 6) is 0.520. The Morgan fingerprint density at radius 3 is 2.68 bits per heavy atom. The maximum absolute atomic E-state index is 12.4. The zero-order valence-electron chi connectivity index (χ0n) is 12.4. The molecule has 25 heavy (non-hydrogen) atoms. The molecule has 0 atom stereocenters. The van der Waals surface area contributed by atoms with E-state index in [-0.39, 0.29) is 11.4 Å². The molecule has 9 heteroatoms. The summed E-state index contributed by atoms with van der Waals surface area (Å²) in [6, 6.07) is 8.72. The first kappa shape index (κ1) is 16.5. The predicted octanol–water partition coefficient (Wildman–Crippen LogP) is 4.71. The molecule has 0 aliphatic rings. The smallest absolute Gasteiger partial charge is 0.268 e. The van der Waals surface area contributed by atoms with Crippen LogP contribution in [0.3, 0.4) is 0 Å². The van der Waals surface area contributed by atoms with Crippen LogP contribution in [0.2, 0.25) is 10.0 Å². The van der Waals surface area contributed by atoms with E-state index in [0.29, 0.717) is 32.5 Å². The van der Waals surface area contributed by atoms with Crippen LogP contribution in [0.15, 0.2) is 35.1 Å². The van der Waals surface area contributed by atoms with Gasteiger partial charge in [0.15, 0.2) is 0 Å². The number of thiophene rings is 1. The van der Waals surface area contributed by atoms with Gasteiger partial charge in [0.2, 0.25) is 5.88 Å². The minimum absolute atomic E-state index is 0.0281. The summed E-state index contributed by atoms with van der Waals surface area (Å²) in [6.07, 6.45) is 0.439. The number of H-pyrrole nitrogens is 1. The van der Waals surface area contributed by atoms with Gasteiger partial charge in [0.05, 0.1) is 20.4 Å². The van der Waals surface area contributed by atoms with Crippen molar-refractivity contribution in [1.29, 1.82) is 0 Å². The number of halogens is 2. The molecule has 0 aliphatic heterocycles. The number of aromatic nitrogens is 3. The third-order valence-corrected chi connectivity index (χ3v) is 6.37. The molecule has 0 radical (unpaired) electrons. The molecule has 5 nitrogen and oxygen atoms in total. The lowest BCUT2D eigenvalue weighted by Gasteiger charge is -2.03. The molecule has 0 saturated heterocycles. The number of nitrogens with zero attached hydrogens (tertiary/aromatic N) is 2. The average molecular weight is 410 g/mol. The van der Waals surface area contributed by atoms with Gasteiger partial charge in [-0.25, -0.2) is 4.98 Å². The average Bonchev–Trinajstić information content (AvgIpc) is 3.17. The lowest BCUT2D eigenvalue weighted by atomic mass is 10.1. The molecule has 0 saturated carbocycles. The molecular weight excluding hydrogens is 401 g/mol. The van der Waals surface area contributed by atoms with E-state index in [1.54, 1.807) is 18.2 Å². The zero-order chi connectivity index (χ0) is 17.6. The molecule has 2 N–H and O–H groups in total. The second-order valence-corrected chi connectivity index (χ2v) is 7.98. The zero-order valence-corrected chi connectivity index (χ0v) is 15.6. The highest BCUT2D eigenvalue weighted by atomic mass is 35.5. The van der Waals surface area contributed by atoms with Gasteiger partial charge in [-0.05, 0) is 35.3 Å². The van der Waals surface area contributed by atoms with Gasteiger partial charge in [0.25, 0.3) is 5.56 Å². The highest BCUT2D eigenvalue weighted by Gasteiger charge is 2.13. The van der Waals surface area contributed by atoms with Crippen molar-refractivity contribution in [3.05, 3.63) is 62.1 Å². The summed E-state index contributed by atoms with van der Waals surface area (Å²) < 4.78 is 4.39. The number of aromatic hydroxyl groups is 1. The standard InChI is InChI=1S/C16H9Cl2N3O2S2/c17-8-2-1-7(3-9(8)18)4-13-19-10-5-11(12-6-14(22)21-25-12)24-15(10)16(23)20-13/h1-3,5-6H,4H2,(H,21,22)(H,19,20,23). The van der Waals surface area contributed by atoms with Gasteiger partial charge in [-0.3, -0.25) is 4.79 Å². The van der Waals surface area contributed by atoms with E-state index in [9.17, 15) is 9.90 Å². The van der Waals surface area contributed by atoms with Crippen LogP contribution in [0.1, 0.15) is 11.4 Å². The first-order valence-electron chi connectivity index (χ1n) is 7.12. The number of hydrogen-bond acceptors (Lipinski definition) is 6. The van der Waals surface area contributed by atoms with Gasteiger partial charge in [0, 0.05) is 17.4 Å². The Morgan fingerprint density at radius 2 is 1.96 bits per heavy atom. The Hall–Kier alpha value is -1.93. The number of nitrogens with one attached hydrogen (secondary N) is 1. The molecule has 126 valence electrons. The van der Waals surface area contributed by atoms with E-state index < -0.39 is 0 Å². The Balaban J connectivity index is 1.73. The Kier molecular flexibility index (Phi) is 4.24. The van der Waals surface area contributed by atoms with Crippen molar-refractivity contribution in [2.24, 2.45) is 0 Å². The summed E-state index contributed by atoms with van der Waals surface area (Å²) in [7, 11) is 0. The SMILES string of the molecule is O=c1[nH]c(Cc2ccc(Cl)c(Cl)c2)nc2cc(-c3cc(O)ns3)sc12. The van der Waals surface area contributed by atoms with E-state index in [1.807, 2.05) is 12.1 Å². The largest absolute Gasteiger partial charge is 0.493 e. The molecule has 1 aromatic carbocycles. The fourth-order valence-electron chi connectivity index (χ4n) is 2.42. The Bertz CT molecular complexity index is 1150. The molecule has 0 fully saturated rings. The fraction of sp³-hybridized carbons (Fsp3) is 0.0625. The van der Waals surface area contributed by atoms with E-state index in [4.69, 9.17) is 23.2 Å². The summed E-state index contributed by atoms with van der Waals surface area (Å²) in [5, 5.41) is 10.3. The van der Waals surface area contributed by atoms with Gasteiger partial charge in [-0.2, -0.15) is 4.37 Å². The molecule has 4 aromatic rings. The van der Waals surface area contributed by atoms with Crippen LogP contribution >= 0.6 is 46.1 Å². The number of aromatic amines is 1. The van der Waals surface area contributed by atoms with Crippen LogP contribution in [0.5, 0.6) is 5.88 Å². The van der Waals surface area contributed by atoms with Crippen LogP contribution in [-0.2, 0) is 6.42 Å². The predicted molar refractivity (Wildman–Crippen MR) is 102 cm³/mol. The first-order valence-corrected chi connectivity index (χ1v) is 9.47. The van der Waals surface area contributed by atoms with Crippen LogP contribution < -0.4 is 5.56 Å². The number of benzene rings is 1. The molecule has 0 aliphatic carbocycles. The number of fused-ring (bicyclic) bond motifs is 1. The van der Waals surface area contributed by atoms with Gasteiger partial charge < -0.3 is 10.1 Å². The van der Waals surface area contributed by atoms with E-state index in [0.717, 1.165) is 15.3 Å². The molecular formula is C16H9Cl2N3O2S2. The molecule has 0 bridgehead atoms. The van der Waals surface area contributed by atoms with Crippen LogP contribution in [0, 0.1) is 0 Å². The molecule has 0 amide bonds. The van der Waals surface area contributed by atoms with Crippen LogP contribution in [0.4, 0.5) is 0 Å². The van der Waals surface area contributed by atoms with Crippen molar-refractivity contribution in [2.75, 3.05) is 0 Å². The number of rotatable bonds is 3. The normalized spacial score (nSPS) is 11.3. The Morgan fingerprint density at radius 1 is 1.12 bits per heavy atom.